The molecule has 38 heavy (non-hydrogen) atoms. The van der Waals surface area contributed by atoms with E-state index < -0.39 is 15.8 Å². The maximum absolute atomic E-state index is 13.5. The molecule has 1 aliphatic heterocycles. The number of aryl methyl sites for hydroxylation is 1. The number of benzene rings is 3. The van der Waals surface area contributed by atoms with Crippen molar-refractivity contribution in [1.29, 1.82) is 0 Å². The molecule has 0 radical (unpaired) electrons. The summed E-state index contributed by atoms with van der Waals surface area (Å²) in [5.74, 6) is -0.110. The first-order valence-corrected chi connectivity index (χ1v) is 14.6. The zero-order chi connectivity index (χ0) is 27.4. The van der Waals surface area contributed by atoms with Crippen molar-refractivity contribution >= 4 is 38.9 Å². The first-order chi connectivity index (χ1) is 18.1. The number of nitrogens with zero attached hydrogens (tertiary/aromatic N) is 3. The second-order valence-electron chi connectivity index (χ2n) is 9.21. The van der Waals surface area contributed by atoms with E-state index in [4.69, 9.17) is 16.3 Å². The van der Waals surface area contributed by atoms with E-state index in [1.807, 2.05) is 32.0 Å². The number of carbonyl (C=O) groups excluding carboxylic acids is 1. The lowest BCUT2D eigenvalue weighted by Gasteiger charge is -2.37. The molecule has 0 bridgehead atoms. The number of hydrogen-bond acceptors (Lipinski definition) is 5. The summed E-state index contributed by atoms with van der Waals surface area (Å²) in [5.41, 5.74) is 3.50. The third-order valence-corrected chi connectivity index (χ3v) is 7.89. The van der Waals surface area contributed by atoms with Crippen molar-refractivity contribution in [3.63, 3.8) is 0 Å². The molecular formula is C28H31ClFN3O4S. The summed E-state index contributed by atoms with van der Waals surface area (Å²) in [6.45, 7) is 6.60. The zero-order valence-electron chi connectivity index (χ0n) is 21.7. The van der Waals surface area contributed by atoms with Crippen LogP contribution in [0.4, 0.5) is 15.8 Å². The van der Waals surface area contributed by atoms with Crippen LogP contribution < -0.4 is 13.9 Å². The number of halogens is 2. The molecule has 0 atom stereocenters. The zero-order valence-corrected chi connectivity index (χ0v) is 23.2. The predicted octanol–water partition coefficient (Wildman–Crippen LogP) is 5.11. The van der Waals surface area contributed by atoms with Crippen LogP contribution >= 0.6 is 11.6 Å². The van der Waals surface area contributed by atoms with Crippen molar-refractivity contribution < 1.29 is 22.3 Å². The van der Waals surface area contributed by atoms with Gasteiger partial charge in [-0.2, -0.15) is 0 Å². The Labute approximate surface area is 228 Å². The molecule has 0 aromatic heterocycles. The molecule has 3 aromatic carbocycles. The molecule has 10 heteroatoms. The SMILES string of the molecule is CCOc1ccc(C(=O)N2CCN(c3cc(Cl)ccc3C)CC2)cc1CN(c1ccc(F)cc1)S(C)(=O)=O. The molecule has 3 aromatic rings. The van der Waals surface area contributed by atoms with Gasteiger partial charge in [-0.05, 0) is 74.0 Å². The van der Waals surface area contributed by atoms with Crippen LogP contribution in [0, 0.1) is 12.7 Å². The van der Waals surface area contributed by atoms with Crippen molar-refractivity contribution in [3.8, 4) is 5.75 Å². The van der Waals surface area contributed by atoms with Crippen LogP contribution in [0.2, 0.25) is 5.02 Å². The Morgan fingerprint density at radius 3 is 2.34 bits per heavy atom. The Hall–Kier alpha value is -3.30. The first-order valence-electron chi connectivity index (χ1n) is 12.4. The van der Waals surface area contributed by atoms with Gasteiger partial charge in [0.1, 0.15) is 11.6 Å². The highest BCUT2D eigenvalue weighted by molar-refractivity contribution is 7.92. The van der Waals surface area contributed by atoms with Gasteiger partial charge in [0.05, 0.1) is 25.1 Å². The van der Waals surface area contributed by atoms with Crippen molar-refractivity contribution in [2.24, 2.45) is 0 Å². The minimum Gasteiger partial charge on any atom is -0.494 e. The number of sulfonamides is 1. The summed E-state index contributed by atoms with van der Waals surface area (Å²) < 4.78 is 45.7. The summed E-state index contributed by atoms with van der Waals surface area (Å²) in [5, 5.41) is 0.676. The molecule has 202 valence electrons. The molecule has 0 saturated carbocycles. The second-order valence-corrected chi connectivity index (χ2v) is 11.6. The summed E-state index contributed by atoms with van der Waals surface area (Å²) in [7, 11) is -3.71. The Balaban J connectivity index is 1.56. The van der Waals surface area contributed by atoms with Gasteiger partial charge < -0.3 is 14.5 Å². The van der Waals surface area contributed by atoms with Crippen molar-refractivity contribution in [3.05, 3.63) is 88.2 Å². The first kappa shape index (κ1) is 27.7. The minimum atomic E-state index is -3.71. The number of amides is 1. The summed E-state index contributed by atoms with van der Waals surface area (Å²) in [4.78, 5) is 17.5. The molecule has 1 heterocycles. The maximum Gasteiger partial charge on any atom is 0.253 e. The van der Waals surface area contributed by atoms with Crippen LogP contribution in [0.15, 0.2) is 60.7 Å². The normalized spacial score (nSPS) is 13.9. The highest BCUT2D eigenvalue weighted by atomic mass is 35.5. The van der Waals surface area contributed by atoms with E-state index >= 15 is 0 Å². The molecule has 1 fully saturated rings. The van der Waals surface area contributed by atoms with Gasteiger partial charge >= 0.3 is 0 Å². The van der Waals surface area contributed by atoms with Crippen LogP contribution in [-0.2, 0) is 16.6 Å². The monoisotopic (exact) mass is 559 g/mol. The third-order valence-electron chi connectivity index (χ3n) is 6.51. The highest BCUT2D eigenvalue weighted by Crippen LogP contribution is 2.29. The summed E-state index contributed by atoms with van der Waals surface area (Å²) in [6.07, 6.45) is 1.09. The molecule has 1 saturated heterocycles. The lowest BCUT2D eigenvalue weighted by atomic mass is 10.1. The summed E-state index contributed by atoms with van der Waals surface area (Å²) in [6, 6.07) is 16.1. The van der Waals surface area contributed by atoms with Crippen LogP contribution in [-0.4, -0.2) is 58.3 Å². The Bertz CT molecular complexity index is 1410. The number of ether oxygens (including phenoxy) is 1. The number of anilines is 2. The number of carbonyl (C=O) groups is 1. The molecule has 0 spiro atoms. The Kier molecular flexibility index (Phi) is 8.47. The lowest BCUT2D eigenvalue weighted by Crippen LogP contribution is -2.49. The van der Waals surface area contributed by atoms with Crippen LogP contribution in [0.5, 0.6) is 5.75 Å². The summed E-state index contributed by atoms with van der Waals surface area (Å²) >= 11 is 6.20. The largest absolute Gasteiger partial charge is 0.494 e. The molecule has 0 aliphatic carbocycles. The van der Waals surface area contributed by atoms with Crippen molar-refractivity contribution in [2.75, 3.05) is 48.2 Å². The molecular weight excluding hydrogens is 529 g/mol. The average Bonchev–Trinajstić information content (AvgIpc) is 2.89. The highest BCUT2D eigenvalue weighted by Gasteiger charge is 2.25. The van der Waals surface area contributed by atoms with Crippen LogP contribution in [0.25, 0.3) is 0 Å². The molecule has 1 amide bonds. The van der Waals surface area contributed by atoms with Crippen molar-refractivity contribution in [1.82, 2.24) is 4.90 Å². The van der Waals surface area contributed by atoms with Gasteiger partial charge in [-0.25, -0.2) is 12.8 Å². The van der Waals surface area contributed by atoms with E-state index in [-0.39, 0.29) is 12.5 Å². The molecule has 1 aliphatic rings. The Morgan fingerprint density at radius 1 is 1.03 bits per heavy atom. The molecule has 4 rings (SSSR count). The standard InChI is InChI=1S/C28H31ClFN3O4S/c1-4-37-27-12-6-21(17-22(27)19-33(38(3,35)36)25-10-8-24(30)9-11-25)28(34)32-15-13-31(14-16-32)26-18-23(29)7-5-20(26)2/h5-12,17-18H,4,13-16,19H2,1-3H3. The topological polar surface area (TPSA) is 70.2 Å². The van der Waals surface area contributed by atoms with Crippen molar-refractivity contribution in [2.45, 2.75) is 20.4 Å². The fourth-order valence-corrected chi connectivity index (χ4v) is 5.60. The minimum absolute atomic E-state index is 0.0667. The third kappa shape index (κ3) is 6.39. The molecule has 0 unspecified atom stereocenters. The van der Waals surface area contributed by atoms with E-state index in [1.54, 1.807) is 23.1 Å². The number of rotatable bonds is 8. The predicted molar refractivity (Wildman–Crippen MR) is 149 cm³/mol. The smallest absolute Gasteiger partial charge is 0.253 e. The maximum atomic E-state index is 13.5. The number of piperazine rings is 1. The molecule has 0 N–H and O–H groups in total. The molecule has 7 nitrogen and oxygen atoms in total. The quantitative estimate of drug-likeness (QED) is 0.383. The average molecular weight is 560 g/mol. The van der Waals surface area contributed by atoms with E-state index in [1.165, 1.54) is 28.6 Å². The fraction of sp³-hybridized carbons (Fsp3) is 0.321. The fourth-order valence-electron chi connectivity index (χ4n) is 4.55. The van der Waals surface area contributed by atoms with E-state index in [9.17, 15) is 17.6 Å². The van der Waals surface area contributed by atoms with Crippen LogP contribution in [0.1, 0.15) is 28.4 Å². The van der Waals surface area contributed by atoms with E-state index in [0.29, 0.717) is 60.4 Å². The second kappa shape index (κ2) is 11.6. The van der Waals surface area contributed by atoms with Gasteiger partial charge in [0.25, 0.3) is 5.91 Å². The van der Waals surface area contributed by atoms with E-state index in [0.717, 1.165) is 17.5 Å². The van der Waals surface area contributed by atoms with Gasteiger partial charge in [-0.3, -0.25) is 9.10 Å². The van der Waals surface area contributed by atoms with Gasteiger partial charge in [0.2, 0.25) is 10.0 Å². The van der Waals surface area contributed by atoms with Crippen LogP contribution in [0.3, 0.4) is 0 Å². The van der Waals surface area contributed by atoms with Gasteiger partial charge in [0, 0.05) is 48.0 Å². The van der Waals surface area contributed by atoms with E-state index in [2.05, 4.69) is 4.90 Å². The van der Waals surface area contributed by atoms with Gasteiger partial charge in [-0.1, -0.05) is 17.7 Å². The number of hydrogen-bond donors (Lipinski definition) is 0. The van der Waals surface area contributed by atoms with Gasteiger partial charge in [0.15, 0.2) is 0 Å². The Morgan fingerprint density at radius 2 is 1.71 bits per heavy atom. The lowest BCUT2D eigenvalue weighted by molar-refractivity contribution is 0.0746. The van der Waals surface area contributed by atoms with Gasteiger partial charge in [-0.15, -0.1) is 0 Å².